The second-order valence-corrected chi connectivity index (χ2v) is 5.49. The summed E-state index contributed by atoms with van der Waals surface area (Å²) in [5.41, 5.74) is -0.430. The van der Waals surface area contributed by atoms with Gasteiger partial charge in [-0.3, -0.25) is 19.0 Å². The molecule has 0 bridgehead atoms. The number of carboxylic acids is 1. The minimum atomic E-state index is -1.02. The minimum Gasteiger partial charge on any atom is -0.481 e. The summed E-state index contributed by atoms with van der Waals surface area (Å²) in [7, 11) is 1.36. The number of rotatable bonds is 6. The van der Waals surface area contributed by atoms with E-state index in [1.54, 1.807) is 0 Å². The van der Waals surface area contributed by atoms with Gasteiger partial charge < -0.3 is 15.2 Å². The van der Waals surface area contributed by atoms with Gasteiger partial charge in [0.2, 0.25) is 0 Å². The van der Waals surface area contributed by atoms with Crippen LogP contribution in [-0.2, 0) is 16.1 Å². The van der Waals surface area contributed by atoms with Crippen LogP contribution >= 0.6 is 11.8 Å². The molecule has 2 heterocycles. The summed E-state index contributed by atoms with van der Waals surface area (Å²) in [5, 5.41) is 11.8. The van der Waals surface area contributed by atoms with Crippen LogP contribution in [0.4, 0.5) is 0 Å². The lowest BCUT2D eigenvalue weighted by Gasteiger charge is -2.14. The molecule has 0 radical (unpaired) electrons. The maximum atomic E-state index is 12.1. The molecule has 0 fully saturated rings. The number of carbonyl (C=O) groups is 2. The number of thioether (sulfide) groups is 1. The minimum absolute atomic E-state index is 0.0115. The summed E-state index contributed by atoms with van der Waals surface area (Å²) in [6.45, 7) is 0.546. The quantitative estimate of drug-likeness (QED) is 0.685. The summed E-state index contributed by atoms with van der Waals surface area (Å²) in [4.78, 5) is 38.8. The molecule has 1 amide bonds. The Balaban J connectivity index is 2.04. The van der Waals surface area contributed by atoms with Gasteiger partial charge in [-0.05, 0) is 0 Å². The number of hydrogen-bond donors (Lipinski definition) is 2. The van der Waals surface area contributed by atoms with Crippen LogP contribution in [-0.4, -0.2) is 52.0 Å². The Morgan fingerprint density at radius 1 is 1.62 bits per heavy atom. The molecular weight excluding hydrogens is 298 g/mol. The number of fused-ring (bicyclic) bond motifs is 1. The number of aliphatic carboxylic acids is 1. The van der Waals surface area contributed by atoms with Crippen LogP contribution in [0.15, 0.2) is 16.1 Å². The highest BCUT2D eigenvalue weighted by molar-refractivity contribution is 7.99. The van der Waals surface area contributed by atoms with Crippen molar-refractivity contribution in [3.8, 4) is 0 Å². The topological polar surface area (TPSA) is 111 Å². The van der Waals surface area contributed by atoms with E-state index in [2.05, 4.69) is 10.3 Å². The first-order valence-corrected chi connectivity index (χ1v) is 7.27. The van der Waals surface area contributed by atoms with Gasteiger partial charge in [-0.25, -0.2) is 4.98 Å². The van der Waals surface area contributed by atoms with E-state index >= 15 is 0 Å². The smallest absolute Gasteiger partial charge is 0.306 e. The van der Waals surface area contributed by atoms with Crippen LogP contribution < -0.4 is 10.9 Å². The largest absolute Gasteiger partial charge is 0.481 e. The van der Waals surface area contributed by atoms with Crippen LogP contribution in [0.2, 0.25) is 0 Å². The van der Waals surface area contributed by atoms with E-state index in [1.165, 1.54) is 29.6 Å². The first-order chi connectivity index (χ1) is 10.0. The molecule has 1 aliphatic heterocycles. The zero-order valence-corrected chi connectivity index (χ0v) is 12.2. The van der Waals surface area contributed by atoms with Crippen molar-refractivity contribution in [3.63, 3.8) is 0 Å². The van der Waals surface area contributed by atoms with Gasteiger partial charge in [0.05, 0.1) is 12.5 Å². The van der Waals surface area contributed by atoms with Crippen LogP contribution in [0, 0.1) is 0 Å². The SMILES string of the molecule is COC(CNC(=O)c1cnc2n(c1=O)CCS2)CC(=O)O. The molecule has 1 aliphatic rings. The summed E-state index contributed by atoms with van der Waals surface area (Å²) >= 11 is 1.47. The molecule has 1 aromatic rings. The molecule has 0 spiro atoms. The van der Waals surface area contributed by atoms with Gasteiger partial charge in [0.25, 0.3) is 11.5 Å². The molecule has 9 heteroatoms. The Morgan fingerprint density at radius 2 is 2.38 bits per heavy atom. The van der Waals surface area contributed by atoms with Crippen LogP contribution in [0.1, 0.15) is 16.8 Å². The first kappa shape index (κ1) is 15.5. The van der Waals surface area contributed by atoms with E-state index in [9.17, 15) is 14.4 Å². The maximum Gasteiger partial charge on any atom is 0.306 e. The molecule has 1 unspecified atom stereocenters. The molecule has 0 saturated carbocycles. The summed E-state index contributed by atoms with van der Waals surface area (Å²) in [6.07, 6.45) is 0.377. The van der Waals surface area contributed by atoms with Crippen molar-refractivity contribution in [2.75, 3.05) is 19.4 Å². The molecule has 2 N–H and O–H groups in total. The molecule has 1 aromatic heterocycles. The Hall–Kier alpha value is -1.87. The molecule has 8 nitrogen and oxygen atoms in total. The number of ether oxygens (including phenoxy) is 1. The first-order valence-electron chi connectivity index (χ1n) is 6.28. The van der Waals surface area contributed by atoms with Gasteiger partial charge in [0, 0.05) is 32.1 Å². The van der Waals surface area contributed by atoms with Crippen molar-refractivity contribution >= 4 is 23.6 Å². The monoisotopic (exact) mass is 313 g/mol. The van der Waals surface area contributed by atoms with Gasteiger partial charge >= 0.3 is 5.97 Å². The van der Waals surface area contributed by atoms with E-state index in [0.29, 0.717) is 11.7 Å². The number of nitrogens with zero attached hydrogens (tertiary/aromatic N) is 2. The number of carboxylic acid groups (broad SMARTS) is 1. The highest BCUT2D eigenvalue weighted by atomic mass is 32.2. The van der Waals surface area contributed by atoms with Crippen molar-refractivity contribution in [2.24, 2.45) is 0 Å². The zero-order chi connectivity index (χ0) is 15.4. The van der Waals surface area contributed by atoms with Gasteiger partial charge in [-0.15, -0.1) is 0 Å². The second kappa shape index (κ2) is 6.72. The lowest BCUT2D eigenvalue weighted by molar-refractivity contribution is -0.139. The van der Waals surface area contributed by atoms with E-state index in [1.807, 2.05) is 0 Å². The molecule has 0 aliphatic carbocycles. The Bertz CT molecular complexity index is 615. The Kier molecular flexibility index (Phi) is 4.97. The third-order valence-corrected chi connectivity index (χ3v) is 4.00. The fourth-order valence-electron chi connectivity index (χ4n) is 1.91. The van der Waals surface area contributed by atoms with Gasteiger partial charge in [-0.1, -0.05) is 11.8 Å². The summed E-state index contributed by atoms with van der Waals surface area (Å²) in [5.74, 6) is -0.836. The maximum absolute atomic E-state index is 12.1. The average Bonchev–Trinajstić information content (AvgIpc) is 2.92. The Labute approximate surface area is 124 Å². The number of nitrogens with one attached hydrogen (secondary N) is 1. The zero-order valence-electron chi connectivity index (χ0n) is 11.4. The van der Waals surface area contributed by atoms with E-state index in [-0.39, 0.29) is 24.1 Å². The standard InChI is InChI=1S/C12H15N3O5S/c1-20-7(4-9(16)17)5-13-10(18)8-6-14-12-15(11(8)19)2-3-21-12/h6-7H,2-5H2,1H3,(H,13,18)(H,16,17). The van der Waals surface area contributed by atoms with Crippen LogP contribution in [0.3, 0.4) is 0 Å². The highest BCUT2D eigenvalue weighted by Crippen LogP contribution is 2.20. The normalized spacial score (nSPS) is 14.5. The highest BCUT2D eigenvalue weighted by Gasteiger charge is 2.21. The second-order valence-electron chi connectivity index (χ2n) is 4.43. The van der Waals surface area contributed by atoms with E-state index in [0.717, 1.165) is 5.75 Å². The Morgan fingerprint density at radius 3 is 3.05 bits per heavy atom. The molecule has 0 saturated heterocycles. The third-order valence-electron chi connectivity index (χ3n) is 3.03. The number of methoxy groups -OCH3 is 1. The molecule has 2 rings (SSSR count). The van der Waals surface area contributed by atoms with Crippen molar-refractivity contribution in [2.45, 2.75) is 24.2 Å². The summed E-state index contributed by atoms with van der Waals surface area (Å²) in [6, 6.07) is 0. The summed E-state index contributed by atoms with van der Waals surface area (Å²) < 4.78 is 6.42. The fourth-order valence-corrected chi connectivity index (χ4v) is 2.82. The molecule has 21 heavy (non-hydrogen) atoms. The number of hydrogen-bond acceptors (Lipinski definition) is 6. The number of aromatic nitrogens is 2. The lowest BCUT2D eigenvalue weighted by Crippen LogP contribution is -2.38. The predicted octanol–water partition coefficient (Wildman–Crippen LogP) is -0.432. The average molecular weight is 313 g/mol. The van der Waals surface area contributed by atoms with Crippen molar-refractivity contribution in [1.29, 1.82) is 0 Å². The molecular formula is C12H15N3O5S. The number of carbonyl (C=O) groups excluding carboxylic acids is 1. The third kappa shape index (κ3) is 3.61. The van der Waals surface area contributed by atoms with Gasteiger partial charge in [0.1, 0.15) is 5.56 Å². The molecule has 1 atom stereocenters. The number of amides is 1. The van der Waals surface area contributed by atoms with Crippen molar-refractivity contribution < 1.29 is 19.4 Å². The van der Waals surface area contributed by atoms with Gasteiger partial charge in [-0.2, -0.15) is 0 Å². The fraction of sp³-hybridized carbons (Fsp3) is 0.500. The molecule has 114 valence electrons. The predicted molar refractivity (Wildman–Crippen MR) is 74.6 cm³/mol. The van der Waals surface area contributed by atoms with Crippen LogP contribution in [0.25, 0.3) is 0 Å². The lowest BCUT2D eigenvalue weighted by atomic mass is 10.2. The molecule has 0 aromatic carbocycles. The van der Waals surface area contributed by atoms with Crippen molar-refractivity contribution in [3.05, 3.63) is 22.1 Å². The van der Waals surface area contributed by atoms with E-state index in [4.69, 9.17) is 9.84 Å². The van der Waals surface area contributed by atoms with E-state index < -0.39 is 18.0 Å². The van der Waals surface area contributed by atoms with Gasteiger partial charge in [0.15, 0.2) is 5.16 Å². The van der Waals surface area contributed by atoms with Crippen molar-refractivity contribution in [1.82, 2.24) is 14.9 Å². The van der Waals surface area contributed by atoms with Crippen LogP contribution in [0.5, 0.6) is 0 Å².